The Balaban J connectivity index is 2.29. The average molecular weight is 318 g/mol. The quantitative estimate of drug-likeness (QED) is 0.683. The van der Waals surface area contributed by atoms with Gasteiger partial charge in [0.15, 0.2) is 0 Å². The van der Waals surface area contributed by atoms with Crippen molar-refractivity contribution in [3.05, 3.63) is 30.3 Å². The van der Waals surface area contributed by atoms with E-state index in [-0.39, 0.29) is 6.04 Å². The third-order valence-electron chi connectivity index (χ3n) is 3.57. The van der Waals surface area contributed by atoms with Crippen molar-refractivity contribution in [2.24, 2.45) is 0 Å². The topological polar surface area (TPSA) is 40.5 Å². The molecule has 0 unspecified atom stereocenters. The molecule has 0 saturated heterocycles. The van der Waals surface area contributed by atoms with E-state index in [4.69, 9.17) is 22.2 Å². The van der Waals surface area contributed by atoms with E-state index in [0.29, 0.717) is 0 Å². The third kappa shape index (κ3) is 3.24. The molecule has 6 heteroatoms. The highest BCUT2D eigenvalue weighted by Crippen LogP contribution is 2.30. The van der Waals surface area contributed by atoms with Crippen molar-refractivity contribution in [2.45, 2.75) is 38.1 Å². The van der Waals surface area contributed by atoms with Gasteiger partial charge in [-0.2, -0.15) is 0 Å². The van der Waals surface area contributed by atoms with E-state index in [1.165, 1.54) is 4.57 Å². The minimum atomic E-state index is -3.18. The zero-order valence-corrected chi connectivity index (χ0v) is 13.1. The Labute approximate surface area is 123 Å². The fourth-order valence-electron chi connectivity index (χ4n) is 2.62. The minimum Gasteiger partial charge on any atom is -0.465 e. The molecule has 0 atom stereocenters. The molecule has 0 aromatic heterocycles. The lowest BCUT2D eigenvalue weighted by Gasteiger charge is -2.38. The van der Waals surface area contributed by atoms with Crippen LogP contribution in [-0.2, 0) is 0 Å². The van der Waals surface area contributed by atoms with Crippen LogP contribution >= 0.6 is 22.2 Å². The van der Waals surface area contributed by atoms with Gasteiger partial charge in [-0.3, -0.25) is 0 Å². The first-order chi connectivity index (χ1) is 9.03. The molecule has 2 rings (SSSR count). The fourth-order valence-corrected chi connectivity index (χ4v) is 6.47. The summed E-state index contributed by atoms with van der Waals surface area (Å²) in [6, 6.07) is 9.11. The van der Waals surface area contributed by atoms with Gasteiger partial charge < -0.3 is 9.67 Å². The monoisotopic (exact) mass is 317 g/mol. The number of rotatable bonds is 3. The summed E-state index contributed by atoms with van der Waals surface area (Å²) in [4.78, 5) is 11.6. The smallest absolute Gasteiger partial charge is 0.401 e. The molecule has 1 N–H and O–H groups in total. The molecule has 0 radical (unpaired) electrons. The van der Waals surface area contributed by atoms with E-state index < -0.39 is 12.9 Å². The minimum absolute atomic E-state index is 0.0480. The molecule has 3 nitrogen and oxygen atoms in total. The lowest BCUT2D eigenvalue weighted by Crippen LogP contribution is -2.60. The molecule has 1 aliphatic rings. The summed E-state index contributed by atoms with van der Waals surface area (Å²) in [5.41, 5.74) is 0. The maximum absolute atomic E-state index is 11.6. The summed E-state index contributed by atoms with van der Waals surface area (Å²) in [6.45, 7) is -3.18. The molecule has 1 amide bonds. The Morgan fingerprint density at radius 2 is 1.74 bits per heavy atom. The zero-order valence-electron chi connectivity index (χ0n) is 10.6. The second-order valence-electron chi connectivity index (χ2n) is 4.85. The summed E-state index contributed by atoms with van der Waals surface area (Å²) in [5, 5.41) is 10.2. The first-order valence-corrected chi connectivity index (χ1v) is 10.5. The Hall–Kier alpha value is -0.713. The first-order valence-electron chi connectivity index (χ1n) is 6.49. The van der Waals surface area contributed by atoms with E-state index in [1.807, 2.05) is 30.3 Å². The Bertz CT molecular complexity index is 436. The predicted octanol–water partition coefficient (Wildman–Crippen LogP) is 3.62. The molecule has 1 saturated carbocycles. The second-order valence-corrected chi connectivity index (χ2v) is 10.9. The van der Waals surface area contributed by atoms with Crippen molar-refractivity contribution >= 4 is 40.3 Å². The van der Waals surface area contributed by atoms with Gasteiger partial charge in [-0.05, 0) is 18.0 Å². The van der Waals surface area contributed by atoms with Gasteiger partial charge in [0.25, 0.3) is 0 Å². The highest BCUT2D eigenvalue weighted by molar-refractivity contribution is 7.50. The van der Waals surface area contributed by atoms with Crippen LogP contribution in [0.25, 0.3) is 0 Å². The van der Waals surface area contributed by atoms with Gasteiger partial charge in [0.05, 0.1) is 0 Å². The molecule has 0 spiro atoms. The van der Waals surface area contributed by atoms with Gasteiger partial charge >= 0.3 is 12.9 Å². The SMILES string of the molecule is O=C(O)N(C1CCCCC1)[Si](Cl)(Cl)c1ccccc1. The maximum atomic E-state index is 11.6. The fraction of sp³-hybridized carbons (Fsp3) is 0.462. The summed E-state index contributed by atoms with van der Waals surface area (Å²) in [6.07, 6.45) is 3.95. The Morgan fingerprint density at radius 3 is 2.26 bits per heavy atom. The molecule has 1 aliphatic carbocycles. The molecule has 1 fully saturated rings. The van der Waals surface area contributed by atoms with Crippen molar-refractivity contribution in [3.8, 4) is 0 Å². The maximum Gasteiger partial charge on any atom is 0.401 e. The lowest BCUT2D eigenvalue weighted by molar-refractivity contribution is 0.150. The van der Waals surface area contributed by atoms with E-state index in [9.17, 15) is 9.90 Å². The zero-order chi connectivity index (χ0) is 13.9. The number of halogens is 2. The van der Waals surface area contributed by atoms with Crippen LogP contribution in [0.15, 0.2) is 30.3 Å². The number of hydrogen-bond acceptors (Lipinski definition) is 1. The van der Waals surface area contributed by atoms with E-state index in [0.717, 1.165) is 37.3 Å². The van der Waals surface area contributed by atoms with Crippen LogP contribution in [0.3, 0.4) is 0 Å². The Morgan fingerprint density at radius 1 is 1.16 bits per heavy atom. The number of benzene rings is 1. The van der Waals surface area contributed by atoms with Gasteiger partial charge in [0.2, 0.25) is 0 Å². The van der Waals surface area contributed by atoms with Crippen LogP contribution in [0.2, 0.25) is 0 Å². The van der Waals surface area contributed by atoms with Crippen LogP contribution in [0.1, 0.15) is 32.1 Å². The van der Waals surface area contributed by atoms with Gasteiger partial charge in [-0.15, -0.1) is 22.2 Å². The highest BCUT2D eigenvalue weighted by atomic mass is 35.7. The largest absolute Gasteiger partial charge is 0.465 e. The van der Waals surface area contributed by atoms with Gasteiger partial charge in [0.1, 0.15) is 0 Å². The number of hydrogen-bond donors (Lipinski definition) is 1. The van der Waals surface area contributed by atoms with Crippen molar-refractivity contribution in [2.75, 3.05) is 0 Å². The summed E-state index contributed by atoms with van der Waals surface area (Å²) in [7, 11) is 0. The predicted molar refractivity (Wildman–Crippen MR) is 80.3 cm³/mol. The van der Waals surface area contributed by atoms with Crippen molar-refractivity contribution in [3.63, 3.8) is 0 Å². The summed E-state index contributed by atoms with van der Waals surface area (Å²) in [5.74, 6) is 0. The van der Waals surface area contributed by atoms with E-state index in [1.54, 1.807) is 0 Å². The van der Waals surface area contributed by atoms with Gasteiger partial charge in [-0.25, -0.2) is 4.79 Å². The van der Waals surface area contributed by atoms with Crippen LogP contribution in [0.4, 0.5) is 4.79 Å². The molecule has 0 heterocycles. The van der Waals surface area contributed by atoms with E-state index >= 15 is 0 Å². The van der Waals surface area contributed by atoms with Crippen LogP contribution in [0.5, 0.6) is 0 Å². The average Bonchev–Trinajstić information content (AvgIpc) is 2.40. The van der Waals surface area contributed by atoms with Crippen LogP contribution < -0.4 is 5.19 Å². The molecule has 0 aliphatic heterocycles. The molecule has 104 valence electrons. The van der Waals surface area contributed by atoms with E-state index in [2.05, 4.69) is 0 Å². The first kappa shape index (κ1) is 14.7. The van der Waals surface area contributed by atoms with Crippen LogP contribution in [0, 0.1) is 0 Å². The van der Waals surface area contributed by atoms with Crippen molar-refractivity contribution in [1.29, 1.82) is 0 Å². The number of nitrogens with zero attached hydrogens (tertiary/aromatic N) is 1. The molecular formula is C13H17Cl2NO2Si. The summed E-state index contributed by atoms with van der Waals surface area (Å²) >= 11 is 13.0. The van der Waals surface area contributed by atoms with Crippen molar-refractivity contribution < 1.29 is 9.90 Å². The molecule has 0 bridgehead atoms. The number of amides is 1. The molecular weight excluding hydrogens is 301 g/mol. The Kier molecular flexibility index (Phi) is 4.76. The number of carbonyl (C=O) groups is 1. The van der Waals surface area contributed by atoms with Crippen LogP contribution in [-0.4, -0.2) is 28.7 Å². The molecule has 1 aromatic rings. The second kappa shape index (κ2) is 6.16. The lowest BCUT2D eigenvalue weighted by atomic mass is 9.96. The van der Waals surface area contributed by atoms with Gasteiger partial charge in [-0.1, -0.05) is 49.6 Å². The molecule has 1 aromatic carbocycles. The third-order valence-corrected chi connectivity index (χ3v) is 8.16. The summed E-state index contributed by atoms with van der Waals surface area (Å²) < 4.78 is 1.34. The standard InChI is InChI=1S/C13H17Cl2NO2Si/c14-19(15,12-9-5-2-6-10-12)16(13(17)18)11-7-3-1-4-8-11/h2,5-6,9-11H,1,3-4,7-8H2,(H,17,18). The number of carboxylic acid groups (broad SMARTS) is 1. The van der Waals surface area contributed by atoms with Gasteiger partial charge in [0, 0.05) is 6.04 Å². The molecule has 19 heavy (non-hydrogen) atoms. The highest BCUT2D eigenvalue weighted by Gasteiger charge is 2.46. The normalized spacial score (nSPS) is 17.2. The van der Waals surface area contributed by atoms with Crippen molar-refractivity contribution in [1.82, 2.24) is 4.57 Å².